The van der Waals surface area contributed by atoms with Crippen LogP contribution in [0.4, 0.5) is 0 Å². The van der Waals surface area contributed by atoms with Crippen LogP contribution in [0.15, 0.2) is 55.1 Å². The van der Waals surface area contributed by atoms with Crippen LogP contribution in [0.1, 0.15) is 27.0 Å². The third kappa shape index (κ3) is 2.88. The summed E-state index contributed by atoms with van der Waals surface area (Å²) in [5, 5.41) is -0.445. The number of benzene rings is 2. The fourth-order valence-corrected chi connectivity index (χ4v) is 2.06. The van der Waals surface area contributed by atoms with Crippen LogP contribution in [0.2, 0.25) is 0 Å². The van der Waals surface area contributed by atoms with E-state index in [1.54, 1.807) is 6.08 Å². The van der Waals surface area contributed by atoms with Gasteiger partial charge in [0.1, 0.15) is 0 Å². The molecule has 0 aliphatic rings. The maximum absolute atomic E-state index is 11.3. The standard InChI is InChI=1S/C16H13ClO/c1-2-14-9-8-13(11-15(14)16(17)18)10-12-6-4-3-5-7-12/h2-9,11H,1,10H2. The molecule has 0 aliphatic carbocycles. The van der Waals surface area contributed by atoms with E-state index in [9.17, 15) is 4.79 Å². The molecule has 0 saturated carbocycles. The second-order valence-corrected chi connectivity index (χ2v) is 4.41. The average Bonchev–Trinajstić information content (AvgIpc) is 2.40. The lowest BCUT2D eigenvalue weighted by Crippen LogP contribution is -1.96. The number of carbonyl (C=O) groups is 1. The zero-order valence-electron chi connectivity index (χ0n) is 9.90. The minimum Gasteiger partial charge on any atom is -0.276 e. The third-order valence-corrected chi connectivity index (χ3v) is 3.00. The first-order valence-electron chi connectivity index (χ1n) is 5.70. The van der Waals surface area contributed by atoms with Crippen LogP contribution in [0, 0.1) is 0 Å². The Morgan fingerprint density at radius 1 is 1.11 bits per heavy atom. The molecule has 0 aromatic heterocycles. The SMILES string of the molecule is C=Cc1ccc(Cc2ccccc2)cc1C(=O)Cl. The molecule has 0 radical (unpaired) electrons. The van der Waals surface area contributed by atoms with Gasteiger partial charge in [-0.15, -0.1) is 0 Å². The highest BCUT2D eigenvalue weighted by molar-refractivity contribution is 6.68. The van der Waals surface area contributed by atoms with Gasteiger partial charge in [0.25, 0.3) is 5.24 Å². The summed E-state index contributed by atoms with van der Waals surface area (Å²) >= 11 is 5.58. The summed E-state index contributed by atoms with van der Waals surface area (Å²) in [6, 6.07) is 15.8. The monoisotopic (exact) mass is 256 g/mol. The van der Waals surface area contributed by atoms with Crippen molar-refractivity contribution < 1.29 is 4.79 Å². The van der Waals surface area contributed by atoms with Crippen molar-refractivity contribution in [2.75, 3.05) is 0 Å². The topological polar surface area (TPSA) is 17.1 Å². The molecule has 90 valence electrons. The fourth-order valence-electron chi connectivity index (χ4n) is 1.89. The van der Waals surface area contributed by atoms with E-state index in [0.717, 1.165) is 17.5 Å². The second kappa shape index (κ2) is 5.65. The molecular formula is C16H13ClO. The van der Waals surface area contributed by atoms with E-state index < -0.39 is 5.24 Å². The van der Waals surface area contributed by atoms with E-state index in [0.29, 0.717) is 5.56 Å². The highest BCUT2D eigenvalue weighted by Crippen LogP contribution is 2.18. The Hall–Kier alpha value is -1.86. The van der Waals surface area contributed by atoms with Gasteiger partial charge in [-0.3, -0.25) is 4.79 Å². The summed E-state index contributed by atoms with van der Waals surface area (Å²) in [5.41, 5.74) is 3.56. The Labute approximate surface area is 112 Å². The van der Waals surface area contributed by atoms with Crippen LogP contribution in [0.25, 0.3) is 6.08 Å². The van der Waals surface area contributed by atoms with E-state index in [-0.39, 0.29) is 0 Å². The van der Waals surface area contributed by atoms with E-state index in [1.807, 2.05) is 36.4 Å². The van der Waals surface area contributed by atoms with Crippen molar-refractivity contribution in [2.24, 2.45) is 0 Å². The summed E-state index contributed by atoms with van der Waals surface area (Å²) in [7, 11) is 0. The fraction of sp³-hybridized carbons (Fsp3) is 0.0625. The van der Waals surface area contributed by atoms with Gasteiger partial charge in [-0.1, -0.05) is 55.1 Å². The van der Waals surface area contributed by atoms with Crippen LogP contribution in [-0.2, 0) is 6.42 Å². The molecule has 0 amide bonds. The number of halogens is 1. The van der Waals surface area contributed by atoms with E-state index in [1.165, 1.54) is 5.56 Å². The summed E-state index contributed by atoms with van der Waals surface area (Å²) in [4.78, 5) is 11.3. The Morgan fingerprint density at radius 2 is 1.83 bits per heavy atom. The molecule has 1 nitrogen and oxygen atoms in total. The van der Waals surface area contributed by atoms with E-state index in [4.69, 9.17) is 11.6 Å². The van der Waals surface area contributed by atoms with Gasteiger partial charge in [0.05, 0.1) is 0 Å². The molecule has 2 heteroatoms. The van der Waals surface area contributed by atoms with E-state index >= 15 is 0 Å². The summed E-state index contributed by atoms with van der Waals surface area (Å²) in [6.07, 6.45) is 2.43. The molecule has 18 heavy (non-hydrogen) atoms. The van der Waals surface area contributed by atoms with Crippen molar-refractivity contribution in [3.05, 3.63) is 77.4 Å². The smallest absolute Gasteiger partial charge is 0.253 e. The molecule has 0 spiro atoms. The Balaban J connectivity index is 2.33. The largest absolute Gasteiger partial charge is 0.276 e. The maximum Gasteiger partial charge on any atom is 0.253 e. The first-order chi connectivity index (χ1) is 8.70. The molecular weight excluding hydrogens is 244 g/mol. The van der Waals surface area contributed by atoms with Crippen molar-refractivity contribution in [3.63, 3.8) is 0 Å². The zero-order valence-corrected chi connectivity index (χ0v) is 10.7. The Kier molecular flexibility index (Phi) is 3.96. The van der Waals surface area contributed by atoms with E-state index in [2.05, 4.69) is 18.7 Å². The van der Waals surface area contributed by atoms with Crippen molar-refractivity contribution in [2.45, 2.75) is 6.42 Å². The molecule has 0 fully saturated rings. The summed E-state index contributed by atoms with van der Waals surface area (Å²) < 4.78 is 0. The predicted molar refractivity (Wildman–Crippen MR) is 76.0 cm³/mol. The maximum atomic E-state index is 11.3. The average molecular weight is 257 g/mol. The van der Waals surface area contributed by atoms with Crippen LogP contribution < -0.4 is 0 Å². The number of carbonyl (C=O) groups excluding carboxylic acids is 1. The molecule has 0 atom stereocenters. The summed E-state index contributed by atoms with van der Waals surface area (Å²) in [6.45, 7) is 3.68. The quantitative estimate of drug-likeness (QED) is 0.746. The van der Waals surface area contributed by atoms with Gasteiger partial charge >= 0.3 is 0 Å². The number of hydrogen-bond acceptors (Lipinski definition) is 1. The highest BCUT2D eigenvalue weighted by Gasteiger charge is 2.08. The van der Waals surface area contributed by atoms with Gasteiger partial charge in [0, 0.05) is 5.56 Å². The number of hydrogen-bond donors (Lipinski definition) is 0. The Morgan fingerprint density at radius 3 is 2.44 bits per heavy atom. The molecule has 0 N–H and O–H groups in total. The molecule has 0 unspecified atom stereocenters. The molecule has 2 aromatic carbocycles. The van der Waals surface area contributed by atoms with Crippen molar-refractivity contribution in [3.8, 4) is 0 Å². The highest BCUT2D eigenvalue weighted by atomic mass is 35.5. The lowest BCUT2D eigenvalue weighted by atomic mass is 10.00. The minimum atomic E-state index is -0.445. The molecule has 2 rings (SSSR count). The normalized spacial score (nSPS) is 10.1. The van der Waals surface area contributed by atoms with Crippen molar-refractivity contribution in [1.29, 1.82) is 0 Å². The lowest BCUT2D eigenvalue weighted by Gasteiger charge is -2.06. The molecule has 0 bridgehead atoms. The molecule has 0 saturated heterocycles. The molecule has 0 heterocycles. The van der Waals surface area contributed by atoms with Gasteiger partial charge in [0.2, 0.25) is 0 Å². The zero-order chi connectivity index (χ0) is 13.0. The van der Waals surface area contributed by atoms with Crippen LogP contribution in [-0.4, -0.2) is 5.24 Å². The van der Waals surface area contributed by atoms with Crippen LogP contribution in [0.3, 0.4) is 0 Å². The van der Waals surface area contributed by atoms with Crippen LogP contribution in [0.5, 0.6) is 0 Å². The van der Waals surface area contributed by atoms with Gasteiger partial charge in [0.15, 0.2) is 0 Å². The minimum absolute atomic E-state index is 0.445. The lowest BCUT2D eigenvalue weighted by molar-refractivity contribution is 0.108. The van der Waals surface area contributed by atoms with Gasteiger partial charge in [-0.25, -0.2) is 0 Å². The van der Waals surface area contributed by atoms with Gasteiger partial charge in [-0.05, 0) is 40.8 Å². The molecule has 0 aliphatic heterocycles. The first-order valence-corrected chi connectivity index (χ1v) is 6.07. The van der Waals surface area contributed by atoms with Gasteiger partial charge in [-0.2, -0.15) is 0 Å². The van der Waals surface area contributed by atoms with Crippen molar-refractivity contribution in [1.82, 2.24) is 0 Å². The van der Waals surface area contributed by atoms with Gasteiger partial charge < -0.3 is 0 Å². The van der Waals surface area contributed by atoms with Crippen LogP contribution >= 0.6 is 11.6 Å². The third-order valence-electron chi connectivity index (χ3n) is 2.80. The Bertz CT molecular complexity index is 573. The predicted octanol–water partition coefficient (Wildman–Crippen LogP) is 4.30. The number of rotatable bonds is 4. The van der Waals surface area contributed by atoms with Crippen molar-refractivity contribution >= 4 is 22.9 Å². The molecule has 2 aromatic rings. The second-order valence-electron chi connectivity index (χ2n) is 4.06. The summed E-state index contributed by atoms with van der Waals surface area (Å²) in [5.74, 6) is 0. The first kappa shape index (κ1) is 12.6.